The lowest BCUT2D eigenvalue weighted by molar-refractivity contribution is -0.243. The van der Waals surface area contributed by atoms with E-state index in [-0.39, 0.29) is 12.5 Å². The van der Waals surface area contributed by atoms with Crippen LogP contribution in [0.1, 0.15) is 6.92 Å². The molecule has 1 heterocycles. The Morgan fingerprint density at radius 1 is 1.60 bits per heavy atom. The largest absolute Gasteiger partial charge is 0.394 e. The van der Waals surface area contributed by atoms with E-state index in [0.717, 1.165) is 0 Å². The van der Waals surface area contributed by atoms with Crippen molar-refractivity contribution in [2.45, 2.75) is 31.5 Å². The number of rotatable bonds is 3. The Kier molecular flexibility index (Phi) is 4.31. The van der Waals surface area contributed by atoms with Gasteiger partial charge in [-0.25, -0.2) is 0 Å². The number of azide groups is 1. The van der Waals surface area contributed by atoms with Gasteiger partial charge >= 0.3 is 0 Å². The van der Waals surface area contributed by atoms with Crippen LogP contribution in [0.2, 0.25) is 0 Å². The predicted octanol–water partition coefficient (Wildman–Crippen LogP) is 0.0259. The van der Waals surface area contributed by atoms with Crippen molar-refractivity contribution in [1.29, 1.82) is 0 Å². The summed E-state index contributed by atoms with van der Waals surface area (Å²) in [6.45, 7) is 1.43. The normalized spacial score (nSPS) is 40.9. The summed E-state index contributed by atoms with van der Waals surface area (Å²) in [4.78, 5) is 2.68. The van der Waals surface area contributed by atoms with E-state index in [4.69, 9.17) is 20.1 Å². The number of ether oxygens (including phenoxy) is 2. The molecule has 0 aromatic carbocycles. The van der Waals surface area contributed by atoms with Gasteiger partial charge in [0.15, 0.2) is 6.29 Å². The molecular formula is C8H15N3O4. The zero-order valence-electron chi connectivity index (χ0n) is 8.65. The van der Waals surface area contributed by atoms with E-state index in [0.29, 0.717) is 0 Å². The molecule has 2 unspecified atom stereocenters. The molecule has 7 heteroatoms. The van der Waals surface area contributed by atoms with Gasteiger partial charge in [-0.05, 0) is 11.4 Å². The third kappa shape index (κ3) is 2.39. The lowest BCUT2D eigenvalue weighted by Crippen LogP contribution is -2.54. The molecule has 86 valence electrons. The molecule has 2 N–H and O–H groups in total. The fourth-order valence-corrected chi connectivity index (χ4v) is 1.69. The lowest BCUT2D eigenvalue weighted by atomic mass is 9.89. The summed E-state index contributed by atoms with van der Waals surface area (Å²) in [6.07, 6.45) is -2.29. The molecule has 0 aliphatic carbocycles. The van der Waals surface area contributed by atoms with E-state index >= 15 is 0 Å². The molecule has 0 saturated carbocycles. The fraction of sp³-hybridized carbons (Fsp3) is 1.00. The third-order valence-corrected chi connectivity index (χ3v) is 2.64. The van der Waals surface area contributed by atoms with Crippen molar-refractivity contribution in [1.82, 2.24) is 0 Å². The molecule has 0 aromatic heterocycles. The summed E-state index contributed by atoms with van der Waals surface area (Å²) >= 11 is 0. The van der Waals surface area contributed by atoms with Crippen LogP contribution in [0.5, 0.6) is 0 Å². The Bertz CT molecular complexity index is 254. The smallest absolute Gasteiger partial charge is 0.166 e. The average Bonchev–Trinajstić information content (AvgIpc) is 2.25. The average molecular weight is 217 g/mol. The van der Waals surface area contributed by atoms with E-state index < -0.39 is 24.5 Å². The SMILES string of the molecule is CO[C@@H]1OC(CO)[C@H](O)C(C)[C@H]1N=[N+]=[N-]. The first kappa shape index (κ1) is 12.2. The number of aliphatic hydroxyl groups is 2. The highest BCUT2D eigenvalue weighted by molar-refractivity contribution is 4.90. The van der Waals surface area contributed by atoms with Gasteiger partial charge in [-0.1, -0.05) is 12.0 Å². The summed E-state index contributed by atoms with van der Waals surface area (Å²) in [7, 11) is 1.42. The van der Waals surface area contributed by atoms with Crippen LogP contribution in [0.4, 0.5) is 0 Å². The van der Waals surface area contributed by atoms with Gasteiger partial charge in [0.25, 0.3) is 0 Å². The van der Waals surface area contributed by atoms with Crippen LogP contribution >= 0.6 is 0 Å². The standard InChI is InChI=1S/C8H15N3O4/c1-4-6(10-11-9)8(14-2)15-5(3-12)7(4)13/h4-8,12-13H,3H2,1-2H3/t4?,5?,6-,7-,8-/m1/s1. The van der Waals surface area contributed by atoms with Crippen LogP contribution in [0.3, 0.4) is 0 Å². The minimum atomic E-state index is -0.864. The van der Waals surface area contributed by atoms with Gasteiger partial charge in [0.05, 0.1) is 18.8 Å². The minimum absolute atomic E-state index is 0.297. The number of nitrogens with zero attached hydrogens (tertiary/aromatic N) is 3. The van der Waals surface area contributed by atoms with Crippen molar-refractivity contribution in [3.63, 3.8) is 0 Å². The molecule has 1 aliphatic heterocycles. The van der Waals surface area contributed by atoms with Crippen LogP contribution < -0.4 is 0 Å². The first-order chi connectivity index (χ1) is 7.15. The first-order valence-corrected chi connectivity index (χ1v) is 4.67. The van der Waals surface area contributed by atoms with Gasteiger partial charge in [-0.2, -0.15) is 0 Å². The molecule has 1 rings (SSSR count). The van der Waals surface area contributed by atoms with Crippen molar-refractivity contribution in [3.8, 4) is 0 Å². The molecule has 0 aromatic rings. The molecule has 15 heavy (non-hydrogen) atoms. The van der Waals surface area contributed by atoms with Crippen molar-refractivity contribution in [2.24, 2.45) is 11.0 Å². The Morgan fingerprint density at radius 3 is 2.73 bits per heavy atom. The maximum Gasteiger partial charge on any atom is 0.166 e. The van der Waals surface area contributed by atoms with Gasteiger partial charge in [-0.3, -0.25) is 0 Å². The van der Waals surface area contributed by atoms with Crippen LogP contribution in [0, 0.1) is 5.92 Å². The molecule has 0 bridgehead atoms. The van der Waals surface area contributed by atoms with Gasteiger partial charge in [0.2, 0.25) is 0 Å². The van der Waals surface area contributed by atoms with E-state index in [9.17, 15) is 5.11 Å². The van der Waals surface area contributed by atoms with Crippen LogP contribution in [0.15, 0.2) is 5.11 Å². The summed E-state index contributed by atoms with van der Waals surface area (Å²) in [5.74, 6) is -0.322. The predicted molar refractivity (Wildman–Crippen MR) is 50.9 cm³/mol. The molecule has 1 saturated heterocycles. The first-order valence-electron chi connectivity index (χ1n) is 4.67. The Labute approximate surface area is 87.2 Å². The zero-order valence-corrected chi connectivity index (χ0v) is 8.65. The molecule has 0 spiro atoms. The van der Waals surface area contributed by atoms with Crippen molar-refractivity contribution in [3.05, 3.63) is 10.4 Å². The second-order valence-electron chi connectivity index (χ2n) is 3.51. The molecule has 1 fully saturated rings. The molecular weight excluding hydrogens is 202 g/mol. The molecule has 1 aliphatic rings. The molecule has 0 amide bonds. The number of methoxy groups -OCH3 is 1. The zero-order chi connectivity index (χ0) is 11.4. The minimum Gasteiger partial charge on any atom is -0.394 e. The van der Waals surface area contributed by atoms with Crippen LogP contribution in [-0.4, -0.2) is 48.5 Å². The topological polar surface area (TPSA) is 108 Å². The highest BCUT2D eigenvalue weighted by Gasteiger charge is 2.42. The molecule has 5 atom stereocenters. The Hall–Kier alpha value is -0.850. The Morgan fingerprint density at radius 2 is 2.27 bits per heavy atom. The van der Waals surface area contributed by atoms with E-state index in [2.05, 4.69) is 10.0 Å². The van der Waals surface area contributed by atoms with Crippen molar-refractivity contribution >= 4 is 0 Å². The van der Waals surface area contributed by atoms with E-state index in [1.165, 1.54) is 7.11 Å². The molecule has 7 nitrogen and oxygen atoms in total. The summed E-state index contributed by atoms with van der Waals surface area (Å²) in [5.41, 5.74) is 8.38. The van der Waals surface area contributed by atoms with Crippen LogP contribution in [0.25, 0.3) is 10.4 Å². The summed E-state index contributed by atoms with van der Waals surface area (Å²) in [6, 6.07) is -0.585. The molecule has 0 radical (unpaired) electrons. The fourth-order valence-electron chi connectivity index (χ4n) is 1.69. The summed E-state index contributed by atoms with van der Waals surface area (Å²) in [5, 5.41) is 22.2. The monoisotopic (exact) mass is 217 g/mol. The van der Waals surface area contributed by atoms with Gasteiger partial charge in [0, 0.05) is 12.0 Å². The van der Waals surface area contributed by atoms with Gasteiger partial charge in [-0.15, -0.1) is 0 Å². The number of hydrogen-bond donors (Lipinski definition) is 2. The Balaban J connectivity index is 2.83. The van der Waals surface area contributed by atoms with E-state index in [1.54, 1.807) is 6.92 Å². The van der Waals surface area contributed by atoms with Crippen molar-refractivity contribution in [2.75, 3.05) is 13.7 Å². The van der Waals surface area contributed by atoms with E-state index in [1.807, 2.05) is 0 Å². The number of aliphatic hydroxyl groups excluding tert-OH is 2. The maximum atomic E-state index is 9.72. The highest BCUT2D eigenvalue weighted by atomic mass is 16.7. The summed E-state index contributed by atoms with van der Waals surface area (Å²) < 4.78 is 10.2. The lowest BCUT2D eigenvalue weighted by Gasteiger charge is -2.40. The van der Waals surface area contributed by atoms with Gasteiger partial charge < -0.3 is 19.7 Å². The maximum absolute atomic E-state index is 9.72. The third-order valence-electron chi connectivity index (χ3n) is 2.64. The second-order valence-corrected chi connectivity index (χ2v) is 3.51. The highest BCUT2D eigenvalue weighted by Crippen LogP contribution is 2.28. The van der Waals surface area contributed by atoms with Gasteiger partial charge in [0.1, 0.15) is 6.10 Å². The quantitative estimate of drug-likeness (QED) is 0.395. The second kappa shape index (κ2) is 5.29. The number of hydrogen-bond acceptors (Lipinski definition) is 5. The van der Waals surface area contributed by atoms with Crippen LogP contribution in [-0.2, 0) is 9.47 Å². The van der Waals surface area contributed by atoms with Crippen molar-refractivity contribution < 1.29 is 19.7 Å².